The normalized spacial score (nSPS) is 13.8. The molecule has 1 fully saturated rings. The van der Waals surface area contributed by atoms with Crippen LogP contribution in [0.1, 0.15) is 51.2 Å². The van der Waals surface area contributed by atoms with Crippen molar-refractivity contribution < 1.29 is 9.59 Å². The Balaban J connectivity index is 1.98. The van der Waals surface area contributed by atoms with E-state index in [4.69, 9.17) is 0 Å². The average molecular weight is 302 g/mol. The van der Waals surface area contributed by atoms with Gasteiger partial charge in [0.25, 0.3) is 0 Å². The molecular formula is C18H26N2O2. The summed E-state index contributed by atoms with van der Waals surface area (Å²) in [6, 6.07) is 6.51. The summed E-state index contributed by atoms with van der Waals surface area (Å²) in [5.41, 5.74) is 3.29. The monoisotopic (exact) mass is 302 g/mol. The zero-order valence-electron chi connectivity index (χ0n) is 13.8. The molecule has 4 nitrogen and oxygen atoms in total. The number of nitrogens with zero attached hydrogens (tertiary/aromatic N) is 1. The molecule has 0 atom stereocenters. The molecule has 4 heteroatoms. The first-order valence-electron chi connectivity index (χ1n) is 8.24. The lowest BCUT2D eigenvalue weighted by Gasteiger charge is -2.20. The van der Waals surface area contributed by atoms with Gasteiger partial charge in [0.15, 0.2) is 0 Å². The maximum atomic E-state index is 12.3. The van der Waals surface area contributed by atoms with E-state index in [1.807, 2.05) is 11.0 Å². The summed E-state index contributed by atoms with van der Waals surface area (Å²) < 4.78 is 0. The predicted octanol–water partition coefficient (Wildman–Crippen LogP) is 3.15. The second-order valence-corrected chi connectivity index (χ2v) is 5.90. The van der Waals surface area contributed by atoms with E-state index >= 15 is 0 Å². The summed E-state index contributed by atoms with van der Waals surface area (Å²) in [4.78, 5) is 25.7. The molecule has 1 aromatic rings. The lowest BCUT2D eigenvalue weighted by molar-refractivity contribution is -0.129. The Bertz CT molecular complexity index is 528. The van der Waals surface area contributed by atoms with Crippen LogP contribution in [-0.2, 0) is 22.4 Å². The number of hydrogen-bond donors (Lipinski definition) is 1. The highest BCUT2D eigenvalue weighted by atomic mass is 16.2. The molecule has 0 aliphatic heterocycles. The van der Waals surface area contributed by atoms with Gasteiger partial charge in [0.05, 0.1) is 0 Å². The van der Waals surface area contributed by atoms with Crippen LogP contribution in [0.5, 0.6) is 0 Å². The van der Waals surface area contributed by atoms with E-state index in [0.717, 1.165) is 31.4 Å². The molecule has 1 aliphatic carbocycles. The van der Waals surface area contributed by atoms with Crippen LogP contribution < -0.4 is 5.32 Å². The molecule has 0 bridgehead atoms. The Hall–Kier alpha value is -1.84. The minimum Gasteiger partial charge on any atom is -0.339 e. The predicted molar refractivity (Wildman–Crippen MR) is 88.9 cm³/mol. The molecule has 1 aromatic carbocycles. The highest BCUT2D eigenvalue weighted by Crippen LogP contribution is 2.27. The second kappa shape index (κ2) is 7.43. The minimum atomic E-state index is -0.0116. The Morgan fingerprint density at radius 1 is 1.18 bits per heavy atom. The third-order valence-corrected chi connectivity index (χ3v) is 4.24. The van der Waals surface area contributed by atoms with Gasteiger partial charge in [0.2, 0.25) is 11.8 Å². The van der Waals surface area contributed by atoms with E-state index in [0.29, 0.717) is 19.0 Å². The van der Waals surface area contributed by atoms with Gasteiger partial charge in [0, 0.05) is 31.6 Å². The van der Waals surface area contributed by atoms with Crippen molar-refractivity contribution in [2.24, 2.45) is 0 Å². The Kier molecular flexibility index (Phi) is 5.58. The average Bonchev–Trinajstić information content (AvgIpc) is 3.32. The maximum absolute atomic E-state index is 12.3. The number of benzene rings is 1. The van der Waals surface area contributed by atoms with E-state index < -0.39 is 0 Å². The molecular weight excluding hydrogens is 276 g/mol. The van der Waals surface area contributed by atoms with Gasteiger partial charge in [-0.15, -0.1) is 0 Å². The topological polar surface area (TPSA) is 49.4 Å². The zero-order valence-corrected chi connectivity index (χ0v) is 13.8. The molecule has 0 saturated heterocycles. The quantitative estimate of drug-likeness (QED) is 0.841. The fourth-order valence-corrected chi connectivity index (χ4v) is 2.81. The molecule has 0 heterocycles. The van der Waals surface area contributed by atoms with Crippen molar-refractivity contribution in [1.29, 1.82) is 0 Å². The van der Waals surface area contributed by atoms with Crippen LogP contribution in [0.4, 0.5) is 5.69 Å². The molecule has 2 rings (SSSR count). The summed E-state index contributed by atoms with van der Waals surface area (Å²) in [6.45, 7) is 6.28. The van der Waals surface area contributed by atoms with E-state index in [9.17, 15) is 9.59 Å². The lowest BCUT2D eigenvalue weighted by atomic mass is 10.0. The number of nitrogens with one attached hydrogen (secondary N) is 1. The van der Waals surface area contributed by atoms with Gasteiger partial charge >= 0.3 is 0 Å². The molecule has 2 amide bonds. The number of hydrogen-bond acceptors (Lipinski definition) is 2. The SMILES string of the molecule is CCc1cccc(CC)c1NC(=O)CCN(C(C)=O)C1CC1. The summed E-state index contributed by atoms with van der Waals surface area (Å²) in [6.07, 6.45) is 4.28. The van der Waals surface area contributed by atoms with Crippen molar-refractivity contribution in [2.75, 3.05) is 11.9 Å². The van der Waals surface area contributed by atoms with Crippen molar-refractivity contribution in [3.05, 3.63) is 29.3 Å². The number of carbonyl (C=O) groups is 2. The van der Waals surface area contributed by atoms with Crippen LogP contribution in [0.25, 0.3) is 0 Å². The van der Waals surface area contributed by atoms with Crippen molar-refractivity contribution in [2.45, 2.75) is 58.9 Å². The van der Waals surface area contributed by atoms with Crippen molar-refractivity contribution in [3.63, 3.8) is 0 Å². The molecule has 0 spiro atoms. The number of amides is 2. The first-order chi connectivity index (χ1) is 10.6. The Morgan fingerprint density at radius 3 is 2.23 bits per heavy atom. The number of aryl methyl sites for hydroxylation is 2. The van der Waals surface area contributed by atoms with Gasteiger partial charge in [-0.2, -0.15) is 0 Å². The molecule has 0 radical (unpaired) electrons. The third-order valence-electron chi connectivity index (χ3n) is 4.24. The van der Waals surface area contributed by atoms with Crippen molar-refractivity contribution in [3.8, 4) is 0 Å². The fraction of sp³-hybridized carbons (Fsp3) is 0.556. The first-order valence-corrected chi connectivity index (χ1v) is 8.24. The molecule has 1 N–H and O–H groups in total. The number of anilines is 1. The highest BCUT2D eigenvalue weighted by molar-refractivity contribution is 5.92. The van der Waals surface area contributed by atoms with Gasteiger partial charge in [-0.3, -0.25) is 9.59 Å². The van der Waals surface area contributed by atoms with Crippen LogP contribution in [0.15, 0.2) is 18.2 Å². The molecule has 1 aliphatic rings. The standard InChI is InChI=1S/C18H26N2O2/c1-4-14-7-6-8-15(5-2)18(14)19-17(22)11-12-20(13(3)21)16-9-10-16/h6-8,16H,4-5,9-12H2,1-3H3,(H,19,22). The summed E-state index contributed by atoms with van der Waals surface area (Å²) in [7, 11) is 0. The third kappa shape index (κ3) is 4.09. The lowest BCUT2D eigenvalue weighted by Crippen LogP contribution is -2.34. The van der Waals surface area contributed by atoms with Crippen LogP contribution in [-0.4, -0.2) is 29.3 Å². The van der Waals surface area contributed by atoms with Gasteiger partial charge in [-0.25, -0.2) is 0 Å². The van der Waals surface area contributed by atoms with E-state index in [1.54, 1.807) is 6.92 Å². The minimum absolute atomic E-state index is 0.0116. The maximum Gasteiger partial charge on any atom is 0.226 e. The summed E-state index contributed by atoms with van der Waals surface area (Å²) >= 11 is 0. The van der Waals surface area contributed by atoms with Gasteiger partial charge in [-0.1, -0.05) is 32.0 Å². The number of rotatable bonds is 7. The van der Waals surface area contributed by atoms with Crippen LogP contribution in [0.2, 0.25) is 0 Å². The summed E-state index contributed by atoms with van der Waals surface area (Å²) in [5.74, 6) is 0.0565. The zero-order chi connectivity index (χ0) is 16.1. The van der Waals surface area contributed by atoms with Gasteiger partial charge in [0.1, 0.15) is 0 Å². The van der Waals surface area contributed by atoms with Crippen LogP contribution >= 0.6 is 0 Å². The largest absolute Gasteiger partial charge is 0.339 e. The number of carbonyl (C=O) groups excluding carboxylic acids is 2. The van der Waals surface area contributed by atoms with Crippen LogP contribution in [0, 0.1) is 0 Å². The fourth-order valence-electron chi connectivity index (χ4n) is 2.81. The van der Waals surface area contributed by atoms with Crippen LogP contribution in [0.3, 0.4) is 0 Å². The van der Waals surface area contributed by atoms with E-state index in [1.165, 1.54) is 11.1 Å². The molecule has 1 saturated carbocycles. The molecule has 120 valence electrons. The highest BCUT2D eigenvalue weighted by Gasteiger charge is 2.30. The van der Waals surface area contributed by atoms with Gasteiger partial charge < -0.3 is 10.2 Å². The van der Waals surface area contributed by atoms with Crippen molar-refractivity contribution >= 4 is 17.5 Å². The van der Waals surface area contributed by atoms with Gasteiger partial charge in [-0.05, 0) is 36.8 Å². The summed E-state index contributed by atoms with van der Waals surface area (Å²) in [5, 5.41) is 3.06. The molecule has 0 aromatic heterocycles. The Labute approximate surface area is 132 Å². The Morgan fingerprint density at radius 2 is 1.77 bits per heavy atom. The van der Waals surface area contributed by atoms with Crippen molar-refractivity contribution in [1.82, 2.24) is 4.90 Å². The molecule has 22 heavy (non-hydrogen) atoms. The molecule has 0 unspecified atom stereocenters. The first kappa shape index (κ1) is 16.5. The smallest absolute Gasteiger partial charge is 0.226 e. The second-order valence-electron chi connectivity index (χ2n) is 5.90. The van der Waals surface area contributed by atoms with E-state index in [-0.39, 0.29) is 11.8 Å². The number of para-hydroxylation sites is 1. The van der Waals surface area contributed by atoms with E-state index in [2.05, 4.69) is 31.3 Å².